The lowest BCUT2D eigenvalue weighted by molar-refractivity contribution is 0.355. The fourth-order valence-corrected chi connectivity index (χ4v) is 2.38. The first-order chi connectivity index (χ1) is 7.76. The van der Waals surface area contributed by atoms with E-state index in [1.54, 1.807) is 25.6 Å². The van der Waals surface area contributed by atoms with E-state index in [2.05, 4.69) is 17.7 Å². The molecule has 0 spiro atoms. The molecule has 2 rings (SSSR count). The zero-order valence-electron chi connectivity index (χ0n) is 9.53. The molecule has 0 aliphatic rings. The summed E-state index contributed by atoms with van der Waals surface area (Å²) in [6.45, 7) is 2.06. The van der Waals surface area contributed by atoms with Crippen LogP contribution < -0.4 is 9.47 Å². The van der Waals surface area contributed by atoms with Crippen LogP contribution in [0, 0.1) is 12.3 Å². The van der Waals surface area contributed by atoms with Crippen LogP contribution in [0.15, 0.2) is 23.6 Å². The first-order valence-electron chi connectivity index (χ1n) is 4.94. The van der Waals surface area contributed by atoms with Gasteiger partial charge in [0.05, 0.1) is 14.2 Å². The van der Waals surface area contributed by atoms with E-state index >= 15 is 0 Å². The average molecular weight is 233 g/mol. The lowest BCUT2D eigenvalue weighted by Crippen LogP contribution is -1.90. The minimum Gasteiger partial charge on any atom is -0.493 e. The van der Waals surface area contributed by atoms with Crippen LogP contribution in [0.5, 0.6) is 11.5 Å². The van der Waals surface area contributed by atoms with Gasteiger partial charge in [-0.2, -0.15) is 0 Å². The highest BCUT2D eigenvalue weighted by molar-refractivity contribution is 7.07. The van der Waals surface area contributed by atoms with E-state index in [9.17, 15) is 0 Å². The molecule has 2 aromatic rings. The summed E-state index contributed by atoms with van der Waals surface area (Å²) < 4.78 is 10.5. The molecular formula is C13H13O2S. The number of benzene rings is 1. The van der Waals surface area contributed by atoms with Crippen LogP contribution in [0.25, 0.3) is 11.1 Å². The van der Waals surface area contributed by atoms with Gasteiger partial charge in [0.1, 0.15) is 0 Å². The molecule has 0 saturated carbocycles. The number of hydrogen-bond donors (Lipinski definition) is 0. The fourth-order valence-electron chi connectivity index (χ4n) is 1.61. The van der Waals surface area contributed by atoms with E-state index in [0.29, 0.717) is 0 Å². The summed E-state index contributed by atoms with van der Waals surface area (Å²) in [5.41, 5.74) is 3.50. The molecular weight excluding hydrogens is 220 g/mol. The van der Waals surface area contributed by atoms with Gasteiger partial charge in [-0.15, -0.1) is 11.3 Å². The summed E-state index contributed by atoms with van der Waals surface area (Å²) in [6, 6.07) is 5.94. The largest absolute Gasteiger partial charge is 0.493 e. The second-order valence-electron chi connectivity index (χ2n) is 3.45. The predicted octanol–water partition coefficient (Wildman–Crippen LogP) is 3.54. The number of hydrogen-bond acceptors (Lipinski definition) is 3. The number of thiophene rings is 1. The summed E-state index contributed by atoms with van der Waals surface area (Å²) in [6.07, 6.45) is 0. The maximum absolute atomic E-state index is 5.28. The number of rotatable bonds is 3. The lowest BCUT2D eigenvalue weighted by atomic mass is 10.1. The minimum absolute atomic E-state index is 0.753. The van der Waals surface area contributed by atoms with Crippen molar-refractivity contribution < 1.29 is 9.47 Å². The van der Waals surface area contributed by atoms with Crippen LogP contribution >= 0.6 is 11.3 Å². The maximum Gasteiger partial charge on any atom is 0.161 e. The van der Waals surface area contributed by atoms with Crippen molar-refractivity contribution in [3.8, 4) is 22.6 Å². The smallest absolute Gasteiger partial charge is 0.161 e. The fraction of sp³-hybridized carbons (Fsp3) is 0.231. The van der Waals surface area contributed by atoms with Crippen LogP contribution in [-0.4, -0.2) is 14.2 Å². The zero-order chi connectivity index (χ0) is 11.5. The van der Waals surface area contributed by atoms with Crippen molar-refractivity contribution in [3.63, 3.8) is 0 Å². The highest BCUT2D eigenvalue weighted by Gasteiger charge is 2.08. The first-order valence-corrected chi connectivity index (χ1v) is 5.82. The first kappa shape index (κ1) is 11.0. The van der Waals surface area contributed by atoms with Gasteiger partial charge >= 0.3 is 0 Å². The molecule has 1 radical (unpaired) electrons. The van der Waals surface area contributed by atoms with Crippen molar-refractivity contribution in [2.24, 2.45) is 0 Å². The average Bonchev–Trinajstić information content (AvgIpc) is 2.74. The summed E-state index contributed by atoms with van der Waals surface area (Å²) >= 11 is 1.59. The van der Waals surface area contributed by atoms with Crippen LogP contribution in [-0.2, 0) is 0 Å². The van der Waals surface area contributed by atoms with Crippen LogP contribution in [0.3, 0.4) is 0 Å². The van der Waals surface area contributed by atoms with Crippen LogP contribution in [0.4, 0.5) is 0 Å². The molecule has 83 valence electrons. The third-order valence-electron chi connectivity index (χ3n) is 2.49. The summed E-state index contributed by atoms with van der Waals surface area (Å²) in [4.78, 5) is 0. The van der Waals surface area contributed by atoms with Gasteiger partial charge in [0.25, 0.3) is 0 Å². The van der Waals surface area contributed by atoms with Gasteiger partial charge in [-0.05, 0) is 41.1 Å². The topological polar surface area (TPSA) is 18.5 Å². The van der Waals surface area contributed by atoms with Gasteiger partial charge < -0.3 is 9.47 Å². The van der Waals surface area contributed by atoms with Gasteiger partial charge in [0.2, 0.25) is 0 Å². The molecule has 1 aromatic heterocycles. The van der Waals surface area contributed by atoms with E-state index in [-0.39, 0.29) is 0 Å². The highest BCUT2D eigenvalue weighted by atomic mass is 32.1. The van der Waals surface area contributed by atoms with E-state index in [0.717, 1.165) is 22.6 Å². The third-order valence-corrected chi connectivity index (χ3v) is 3.26. The van der Waals surface area contributed by atoms with Gasteiger partial charge in [0, 0.05) is 5.38 Å². The quantitative estimate of drug-likeness (QED) is 0.807. The molecule has 0 N–H and O–H groups in total. The molecule has 0 fully saturated rings. The number of methoxy groups -OCH3 is 2. The van der Waals surface area contributed by atoms with Crippen LogP contribution in [0.2, 0.25) is 0 Å². The van der Waals surface area contributed by atoms with E-state index in [1.807, 2.05) is 18.2 Å². The van der Waals surface area contributed by atoms with Gasteiger partial charge in [-0.25, -0.2) is 0 Å². The molecule has 0 aliphatic heterocycles. The summed E-state index contributed by atoms with van der Waals surface area (Å²) in [5, 5.41) is 5.30. The van der Waals surface area contributed by atoms with Gasteiger partial charge in [-0.1, -0.05) is 6.07 Å². The molecule has 1 aromatic carbocycles. The zero-order valence-corrected chi connectivity index (χ0v) is 10.4. The Morgan fingerprint density at radius 1 is 1.12 bits per heavy atom. The minimum atomic E-state index is 0.753. The van der Waals surface area contributed by atoms with Crippen LogP contribution in [0.1, 0.15) is 5.56 Å². The Balaban J connectivity index is 2.48. The summed E-state index contributed by atoms with van der Waals surface area (Å²) in [5.74, 6) is 1.51. The van der Waals surface area contributed by atoms with E-state index < -0.39 is 0 Å². The van der Waals surface area contributed by atoms with E-state index in [1.165, 1.54) is 5.56 Å². The Labute approximate surface area is 99.5 Å². The number of aryl methyl sites for hydroxylation is 1. The highest BCUT2D eigenvalue weighted by Crippen LogP contribution is 2.34. The predicted molar refractivity (Wildman–Crippen MR) is 66.4 cm³/mol. The number of ether oxygens (including phenoxy) is 2. The molecule has 0 amide bonds. The van der Waals surface area contributed by atoms with Crippen molar-refractivity contribution in [1.29, 1.82) is 0 Å². The molecule has 0 unspecified atom stereocenters. The Morgan fingerprint density at radius 3 is 2.44 bits per heavy atom. The van der Waals surface area contributed by atoms with Crippen molar-refractivity contribution in [3.05, 3.63) is 34.5 Å². The molecule has 0 aliphatic carbocycles. The monoisotopic (exact) mass is 233 g/mol. The summed E-state index contributed by atoms with van der Waals surface area (Å²) in [7, 11) is 3.29. The molecule has 0 atom stereocenters. The Hall–Kier alpha value is -1.48. The second kappa shape index (κ2) is 4.58. The second-order valence-corrected chi connectivity index (χ2v) is 4.12. The molecule has 16 heavy (non-hydrogen) atoms. The van der Waals surface area contributed by atoms with Gasteiger partial charge in [-0.3, -0.25) is 0 Å². The lowest BCUT2D eigenvalue weighted by Gasteiger charge is -2.09. The standard InChI is InChI=1S/C13H13O2S/c1-9-7-16-8-11(9)10-4-5-12(14-2)13(6-10)15-3/h4-6,8H,1-3H3. The van der Waals surface area contributed by atoms with Gasteiger partial charge in [0.15, 0.2) is 11.5 Å². The van der Waals surface area contributed by atoms with Crippen molar-refractivity contribution in [2.75, 3.05) is 14.2 Å². The Kier molecular flexibility index (Phi) is 3.15. The molecule has 0 bridgehead atoms. The Morgan fingerprint density at radius 2 is 1.88 bits per heavy atom. The maximum atomic E-state index is 5.28. The SMILES string of the molecule is COc1ccc(-c2cs[c]c2C)cc1OC. The molecule has 0 saturated heterocycles. The van der Waals surface area contributed by atoms with Crippen molar-refractivity contribution >= 4 is 11.3 Å². The molecule has 2 nitrogen and oxygen atoms in total. The Bertz CT molecular complexity index is 488. The van der Waals surface area contributed by atoms with E-state index in [4.69, 9.17) is 9.47 Å². The normalized spacial score (nSPS) is 10.2. The molecule has 1 heterocycles. The van der Waals surface area contributed by atoms with Crippen molar-refractivity contribution in [1.82, 2.24) is 0 Å². The van der Waals surface area contributed by atoms with Crippen molar-refractivity contribution in [2.45, 2.75) is 6.92 Å². The third kappa shape index (κ3) is 1.91. The molecule has 3 heteroatoms.